The van der Waals surface area contributed by atoms with Crippen LogP contribution in [0.2, 0.25) is 0 Å². The van der Waals surface area contributed by atoms with E-state index in [2.05, 4.69) is 54.1 Å². The van der Waals surface area contributed by atoms with E-state index in [0.29, 0.717) is 12.1 Å². The van der Waals surface area contributed by atoms with Gasteiger partial charge in [-0.3, -0.25) is 4.90 Å². The molecule has 1 aromatic rings. The van der Waals surface area contributed by atoms with Gasteiger partial charge in [0.05, 0.1) is 11.4 Å². The van der Waals surface area contributed by atoms with Crippen LogP contribution in [0.15, 0.2) is 18.2 Å². The quantitative estimate of drug-likeness (QED) is 0.896. The fourth-order valence-electron chi connectivity index (χ4n) is 4.01. The Morgan fingerprint density at radius 3 is 2.67 bits per heavy atom. The van der Waals surface area contributed by atoms with Gasteiger partial charge in [0.15, 0.2) is 0 Å². The lowest BCUT2D eigenvalue weighted by molar-refractivity contribution is 0.192. The molecule has 1 aromatic carbocycles. The van der Waals surface area contributed by atoms with E-state index in [4.69, 9.17) is 0 Å². The first kappa shape index (κ1) is 14.7. The summed E-state index contributed by atoms with van der Waals surface area (Å²) in [7, 11) is 0. The fourth-order valence-corrected chi connectivity index (χ4v) is 4.01. The molecule has 2 unspecified atom stereocenters. The molecule has 1 N–H and O–H groups in total. The minimum Gasteiger partial charge on any atom is -0.379 e. The molecule has 0 amide bonds. The molecule has 2 aliphatic rings. The predicted octanol–water partition coefficient (Wildman–Crippen LogP) is 3.35. The van der Waals surface area contributed by atoms with Crippen molar-refractivity contribution in [1.82, 2.24) is 4.90 Å². The van der Waals surface area contributed by atoms with Crippen molar-refractivity contribution in [2.24, 2.45) is 0 Å². The van der Waals surface area contributed by atoms with E-state index in [0.717, 1.165) is 6.54 Å². The second kappa shape index (κ2) is 6.27. The molecular formula is C18H29N3. The number of anilines is 2. The van der Waals surface area contributed by atoms with Crippen LogP contribution in [0.3, 0.4) is 0 Å². The van der Waals surface area contributed by atoms with E-state index in [1.165, 1.54) is 55.8 Å². The lowest BCUT2D eigenvalue weighted by Gasteiger charge is -2.45. The Morgan fingerprint density at radius 2 is 1.95 bits per heavy atom. The molecule has 3 heteroatoms. The number of nitrogens with zero attached hydrogens (tertiary/aromatic N) is 2. The van der Waals surface area contributed by atoms with E-state index in [1.54, 1.807) is 0 Å². The Labute approximate surface area is 129 Å². The van der Waals surface area contributed by atoms with Gasteiger partial charge in [0, 0.05) is 25.2 Å². The predicted molar refractivity (Wildman–Crippen MR) is 91.4 cm³/mol. The molecule has 0 saturated heterocycles. The lowest BCUT2D eigenvalue weighted by Crippen LogP contribution is -2.53. The number of rotatable bonds is 5. The maximum Gasteiger partial charge on any atom is 0.0636 e. The molecule has 2 atom stereocenters. The molecule has 0 saturated carbocycles. The lowest BCUT2D eigenvalue weighted by atomic mass is 9.93. The van der Waals surface area contributed by atoms with Crippen LogP contribution in [0.1, 0.15) is 39.2 Å². The van der Waals surface area contributed by atoms with Gasteiger partial charge in [0.25, 0.3) is 0 Å². The Balaban J connectivity index is 1.87. The van der Waals surface area contributed by atoms with Gasteiger partial charge >= 0.3 is 0 Å². The summed E-state index contributed by atoms with van der Waals surface area (Å²) in [6.07, 6.45) is 3.71. The number of hydrogen-bond donors (Lipinski definition) is 1. The van der Waals surface area contributed by atoms with Crippen LogP contribution in [-0.4, -0.2) is 43.2 Å². The molecule has 0 fully saturated rings. The maximum absolute atomic E-state index is 3.64. The summed E-state index contributed by atoms with van der Waals surface area (Å²) in [6.45, 7) is 11.7. The molecule has 116 valence electrons. The minimum absolute atomic E-state index is 0.539. The first-order valence-electron chi connectivity index (χ1n) is 8.60. The van der Waals surface area contributed by atoms with Gasteiger partial charge in [-0.2, -0.15) is 0 Å². The highest BCUT2D eigenvalue weighted by Gasteiger charge is 2.32. The SMILES string of the molecule is CCCN(CCC)C1Cc2cccc3c2N(CC(C)N3)C1. The van der Waals surface area contributed by atoms with Crippen LogP contribution >= 0.6 is 0 Å². The fraction of sp³-hybridized carbons (Fsp3) is 0.667. The number of para-hydroxylation sites is 1. The number of hydrogen-bond acceptors (Lipinski definition) is 3. The van der Waals surface area contributed by atoms with Crippen molar-refractivity contribution in [3.63, 3.8) is 0 Å². The van der Waals surface area contributed by atoms with E-state index in [1.807, 2.05) is 0 Å². The zero-order valence-corrected chi connectivity index (χ0v) is 13.7. The number of nitrogens with one attached hydrogen (secondary N) is 1. The van der Waals surface area contributed by atoms with Crippen LogP contribution in [0, 0.1) is 0 Å². The molecule has 21 heavy (non-hydrogen) atoms. The van der Waals surface area contributed by atoms with Gasteiger partial charge in [0.2, 0.25) is 0 Å². The van der Waals surface area contributed by atoms with Crippen molar-refractivity contribution in [3.05, 3.63) is 23.8 Å². The zero-order chi connectivity index (χ0) is 14.8. The van der Waals surface area contributed by atoms with Gasteiger partial charge in [0.1, 0.15) is 0 Å². The largest absolute Gasteiger partial charge is 0.379 e. The molecule has 0 aromatic heterocycles. The maximum atomic E-state index is 3.64. The van der Waals surface area contributed by atoms with Gasteiger partial charge in [-0.05, 0) is 50.9 Å². The standard InChI is InChI=1S/C18H29N3/c1-4-9-20(10-5-2)16-11-15-7-6-8-17-18(15)21(13-16)12-14(3)19-17/h6-8,14,16,19H,4-5,9-13H2,1-3H3. The second-order valence-corrected chi connectivity index (χ2v) is 6.66. The van der Waals surface area contributed by atoms with Crippen molar-refractivity contribution < 1.29 is 0 Å². The zero-order valence-electron chi connectivity index (χ0n) is 13.7. The van der Waals surface area contributed by atoms with Crippen LogP contribution < -0.4 is 10.2 Å². The molecule has 0 bridgehead atoms. The summed E-state index contributed by atoms with van der Waals surface area (Å²) in [5.41, 5.74) is 4.34. The van der Waals surface area contributed by atoms with Crippen molar-refractivity contribution in [1.29, 1.82) is 0 Å². The second-order valence-electron chi connectivity index (χ2n) is 6.66. The average Bonchev–Trinajstić information content (AvgIpc) is 2.46. The van der Waals surface area contributed by atoms with Crippen molar-refractivity contribution in [2.45, 2.75) is 52.1 Å². The molecule has 0 spiro atoms. The molecule has 2 heterocycles. The van der Waals surface area contributed by atoms with Gasteiger partial charge in [-0.1, -0.05) is 26.0 Å². The van der Waals surface area contributed by atoms with E-state index in [-0.39, 0.29) is 0 Å². The summed E-state index contributed by atoms with van der Waals surface area (Å²) in [4.78, 5) is 5.33. The molecule has 0 radical (unpaired) electrons. The highest BCUT2D eigenvalue weighted by molar-refractivity contribution is 5.77. The van der Waals surface area contributed by atoms with Gasteiger partial charge in [-0.15, -0.1) is 0 Å². The third kappa shape index (κ3) is 2.89. The monoisotopic (exact) mass is 287 g/mol. The molecule has 3 nitrogen and oxygen atoms in total. The Morgan fingerprint density at radius 1 is 1.19 bits per heavy atom. The Bertz CT molecular complexity index is 479. The van der Waals surface area contributed by atoms with Gasteiger partial charge in [-0.25, -0.2) is 0 Å². The summed E-state index contributed by atoms with van der Waals surface area (Å²) in [5.74, 6) is 0. The Hall–Kier alpha value is -1.22. The van der Waals surface area contributed by atoms with Crippen molar-refractivity contribution in [3.8, 4) is 0 Å². The summed E-state index contributed by atoms with van der Waals surface area (Å²) < 4.78 is 0. The Kier molecular flexibility index (Phi) is 4.39. The normalized spacial score (nSPS) is 23.9. The molecule has 3 rings (SSSR count). The van der Waals surface area contributed by atoms with Crippen LogP contribution in [0.4, 0.5) is 11.4 Å². The van der Waals surface area contributed by atoms with Crippen LogP contribution in [0.25, 0.3) is 0 Å². The van der Waals surface area contributed by atoms with E-state index in [9.17, 15) is 0 Å². The third-order valence-corrected chi connectivity index (χ3v) is 4.76. The number of benzene rings is 1. The minimum atomic E-state index is 0.539. The highest BCUT2D eigenvalue weighted by Crippen LogP contribution is 2.38. The summed E-state index contributed by atoms with van der Waals surface area (Å²) >= 11 is 0. The first-order valence-corrected chi connectivity index (χ1v) is 8.60. The van der Waals surface area contributed by atoms with E-state index < -0.39 is 0 Å². The van der Waals surface area contributed by atoms with Crippen LogP contribution in [0.5, 0.6) is 0 Å². The van der Waals surface area contributed by atoms with Crippen LogP contribution in [-0.2, 0) is 6.42 Å². The molecule has 0 aliphatic carbocycles. The topological polar surface area (TPSA) is 18.5 Å². The van der Waals surface area contributed by atoms with Crippen molar-refractivity contribution in [2.75, 3.05) is 36.4 Å². The smallest absolute Gasteiger partial charge is 0.0636 e. The first-order chi connectivity index (χ1) is 10.2. The summed E-state index contributed by atoms with van der Waals surface area (Å²) in [5, 5.41) is 3.64. The van der Waals surface area contributed by atoms with Gasteiger partial charge < -0.3 is 10.2 Å². The molecule has 2 aliphatic heterocycles. The molecular weight excluding hydrogens is 258 g/mol. The highest BCUT2D eigenvalue weighted by atomic mass is 15.3. The van der Waals surface area contributed by atoms with Crippen molar-refractivity contribution >= 4 is 11.4 Å². The summed E-state index contributed by atoms with van der Waals surface area (Å²) in [6, 6.07) is 7.99. The average molecular weight is 287 g/mol. The van der Waals surface area contributed by atoms with E-state index >= 15 is 0 Å². The third-order valence-electron chi connectivity index (χ3n) is 4.76.